The molecule has 1 aliphatic heterocycles. The number of rotatable bonds is 3. The van der Waals surface area contributed by atoms with Crippen molar-refractivity contribution in [3.63, 3.8) is 0 Å². The SMILES string of the molecule is CN(CCO)C(=O)c1ccc2c(c1)CCCN2. The molecule has 1 amide bonds. The summed E-state index contributed by atoms with van der Waals surface area (Å²) in [5, 5.41) is 12.1. The molecule has 17 heavy (non-hydrogen) atoms. The molecule has 4 nitrogen and oxygen atoms in total. The van der Waals surface area contributed by atoms with Gasteiger partial charge in [0.25, 0.3) is 5.91 Å². The Bertz CT molecular complexity index is 418. The Morgan fingerprint density at radius 1 is 1.53 bits per heavy atom. The second kappa shape index (κ2) is 5.19. The van der Waals surface area contributed by atoms with Crippen LogP contribution in [0.1, 0.15) is 22.3 Å². The quantitative estimate of drug-likeness (QED) is 0.823. The lowest BCUT2D eigenvalue weighted by Crippen LogP contribution is -2.29. The van der Waals surface area contributed by atoms with Gasteiger partial charge in [-0.3, -0.25) is 4.79 Å². The van der Waals surface area contributed by atoms with Gasteiger partial charge in [0, 0.05) is 31.4 Å². The number of anilines is 1. The fourth-order valence-electron chi connectivity index (χ4n) is 2.08. The molecule has 1 heterocycles. The van der Waals surface area contributed by atoms with Crippen LogP contribution in [-0.2, 0) is 6.42 Å². The number of fused-ring (bicyclic) bond motifs is 1. The molecule has 0 aromatic heterocycles. The summed E-state index contributed by atoms with van der Waals surface area (Å²) in [6.07, 6.45) is 2.13. The second-order valence-electron chi connectivity index (χ2n) is 4.35. The van der Waals surface area contributed by atoms with E-state index in [0.717, 1.165) is 25.1 Å². The van der Waals surface area contributed by atoms with Crippen LogP contribution < -0.4 is 5.32 Å². The standard InChI is InChI=1S/C13H18N2O2/c1-15(7-8-16)13(17)11-4-5-12-10(9-11)3-2-6-14-12/h4-5,9,14,16H,2-3,6-8H2,1H3. The second-order valence-corrected chi connectivity index (χ2v) is 4.35. The average molecular weight is 234 g/mol. The van der Waals surface area contributed by atoms with Crippen LogP contribution in [0.3, 0.4) is 0 Å². The molecule has 2 N–H and O–H groups in total. The summed E-state index contributed by atoms with van der Waals surface area (Å²) in [6.45, 7) is 1.37. The van der Waals surface area contributed by atoms with E-state index in [1.54, 1.807) is 7.05 Å². The number of aliphatic hydroxyl groups excluding tert-OH is 1. The van der Waals surface area contributed by atoms with E-state index < -0.39 is 0 Å². The molecule has 0 saturated carbocycles. The van der Waals surface area contributed by atoms with Crippen LogP contribution in [0, 0.1) is 0 Å². The van der Waals surface area contributed by atoms with Crippen LogP contribution in [0.15, 0.2) is 18.2 Å². The first-order valence-corrected chi connectivity index (χ1v) is 5.95. The first kappa shape index (κ1) is 11.9. The third-order valence-corrected chi connectivity index (χ3v) is 3.07. The van der Waals surface area contributed by atoms with Crippen LogP contribution in [-0.4, -0.2) is 42.7 Å². The molecule has 0 unspecified atom stereocenters. The number of aryl methyl sites for hydroxylation is 1. The van der Waals surface area contributed by atoms with Crippen molar-refractivity contribution in [1.29, 1.82) is 0 Å². The highest BCUT2D eigenvalue weighted by Crippen LogP contribution is 2.23. The predicted molar refractivity (Wildman–Crippen MR) is 67.3 cm³/mol. The number of nitrogens with zero attached hydrogens (tertiary/aromatic N) is 1. The van der Waals surface area contributed by atoms with E-state index in [4.69, 9.17) is 5.11 Å². The fraction of sp³-hybridized carbons (Fsp3) is 0.462. The maximum atomic E-state index is 12.0. The first-order valence-electron chi connectivity index (χ1n) is 5.95. The molecule has 0 fully saturated rings. The maximum absolute atomic E-state index is 12.0. The molecule has 0 bridgehead atoms. The fourth-order valence-corrected chi connectivity index (χ4v) is 2.08. The minimum atomic E-state index is -0.0348. The zero-order valence-corrected chi connectivity index (χ0v) is 10.1. The Morgan fingerprint density at radius 3 is 3.12 bits per heavy atom. The lowest BCUT2D eigenvalue weighted by atomic mass is 10.0. The van der Waals surface area contributed by atoms with Crippen molar-refractivity contribution < 1.29 is 9.90 Å². The van der Waals surface area contributed by atoms with Crippen LogP contribution >= 0.6 is 0 Å². The van der Waals surface area contributed by atoms with Gasteiger partial charge >= 0.3 is 0 Å². The van der Waals surface area contributed by atoms with E-state index in [9.17, 15) is 4.79 Å². The summed E-state index contributed by atoms with van der Waals surface area (Å²) in [5.74, 6) is -0.0348. The minimum Gasteiger partial charge on any atom is -0.395 e. The van der Waals surface area contributed by atoms with Gasteiger partial charge in [-0.15, -0.1) is 0 Å². The molecule has 0 spiro atoms. The number of hydrogen-bond donors (Lipinski definition) is 2. The average Bonchev–Trinajstić information content (AvgIpc) is 2.37. The van der Waals surface area contributed by atoms with Gasteiger partial charge in [-0.25, -0.2) is 0 Å². The molecule has 0 saturated heterocycles. The van der Waals surface area contributed by atoms with Crippen molar-refractivity contribution in [2.24, 2.45) is 0 Å². The summed E-state index contributed by atoms with van der Waals surface area (Å²) in [6, 6.07) is 5.76. The van der Waals surface area contributed by atoms with E-state index >= 15 is 0 Å². The Morgan fingerprint density at radius 2 is 2.35 bits per heavy atom. The normalized spacial score (nSPS) is 13.8. The monoisotopic (exact) mass is 234 g/mol. The number of likely N-dealkylation sites (N-methyl/N-ethyl adjacent to an activating group) is 1. The highest BCUT2D eigenvalue weighted by Gasteiger charge is 2.14. The zero-order chi connectivity index (χ0) is 12.3. The smallest absolute Gasteiger partial charge is 0.253 e. The summed E-state index contributed by atoms with van der Waals surface area (Å²) < 4.78 is 0. The van der Waals surface area contributed by atoms with Crippen molar-refractivity contribution in [3.05, 3.63) is 29.3 Å². The van der Waals surface area contributed by atoms with Gasteiger partial charge in [0.05, 0.1) is 6.61 Å². The highest BCUT2D eigenvalue weighted by molar-refractivity contribution is 5.94. The number of carbonyl (C=O) groups is 1. The van der Waals surface area contributed by atoms with Crippen LogP contribution in [0.2, 0.25) is 0 Å². The third-order valence-electron chi connectivity index (χ3n) is 3.07. The minimum absolute atomic E-state index is 0.00522. The van der Waals surface area contributed by atoms with Gasteiger partial charge in [0.15, 0.2) is 0 Å². The topological polar surface area (TPSA) is 52.6 Å². The van der Waals surface area contributed by atoms with Crippen molar-refractivity contribution in [1.82, 2.24) is 4.90 Å². The van der Waals surface area contributed by atoms with E-state index in [2.05, 4.69) is 5.32 Å². The highest BCUT2D eigenvalue weighted by atomic mass is 16.3. The van der Waals surface area contributed by atoms with Crippen molar-refractivity contribution in [2.45, 2.75) is 12.8 Å². The Balaban J connectivity index is 2.19. The molecule has 4 heteroatoms. The van der Waals surface area contributed by atoms with E-state index in [1.807, 2.05) is 18.2 Å². The molecular weight excluding hydrogens is 216 g/mol. The van der Waals surface area contributed by atoms with E-state index in [1.165, 1.54) is 10.5 Å². The molecule has 0 atom stereocenters. The van der Waals surface area contributed by atoms with Crippen LogP contribution in [0.4, 0.5) is 5.69 Å². The molecule has 0 aliphatic carbocycles. The van der Waals surface area contributed by atoms with Gasteiger partial charge in [-0.1, -0.05) is 0 Å². The van der Waals surface area contributed by atoms with Gasteiger partial charge in [-0.05, 0) is 36.6 Å². The van der Waals surface area contributed by atoms with E-state index in [0.29, 0.717) is 12.1 Å². The van der Waals surface area contributed by atoms with Gasteiger partial charge in [-0.2, -0.15) is 0 Å². The van der Waals surface area contributed by atoms with Crippen molar-refractivity contribution in [3.8, 4) is 0 Å². The maximum Gasteiger partial charge on any atom is 0.253 e. The number of amides is 1. The van der Waals surface area contributed by atoms with E-state index in [-0.39, 0.29) is 12.5 Å². The van der Waals surface area contributed by atoms with Crippen LogP contribution in [0.25, 0.3) is 0 Å². The molecule has 92 valence electrons. The summed E-state index contributed by atoms with van der Waals surface area (Å²) in [4.78, 5) is 13.6. The van der Waals surface area contributed by atoms with Crippen molar-refractivity contribution in [2.75, 3.05) is 32.1 Å². The molecule has 1 aliphatic rings. The summed E-state index contributed by atoms with van der Waals surface area (Å²) in [7, 11) is 1.70. The number of hydrogen-bond acceptors (Lipinski definition) is 3. The molecule has 2 rings (SSSR count). The third kappa shape index (κ3) is 2.58. The molecule has 1 aromatic carbocycles. The number of nitrogens with one attached hydrogen (secondary N) is 1. The van der Waals surface area contributed by atoms with Gasteiger partial charge in [0.1, 0.15) is 0 Å². The zero-order valence-electron chi connectivity index (χ0n) is 10.1. The lowest BCUT2D eigenvalue weighted by Gasteiger charge is -2.20. The number of benzene rings is 1. The van der Waals surface area contributed by atoms with Gasteiger partial charge < -0.3 is 15.3 Å². The Hall–Kier alpha value is -1.55. The first-order chi connectivity index (χ1) is 8.22. The molecule has 0 radical (unpaired) electrons. The Labute approximate surface area is 101 Å². The summed E-state index contributed by atoms with van der Waals surface area (Å²) in [5.41, 5.74) is 3.04. The molecule has 1 aromatic rings. The summed E-state index contributed by atoms with van der Waals surface area (Å²) >= 11 is 0. The Kier molecular flexibility index (Phi) is 3.64. The number of aliphatic hydroxyl groups is 1. The largest absolute Gasteiger partial charge is 0.395 e. The lowest BCUT2D eigenvalue weighted by molar-refractivity contribution is 0.0767. The number of carbonyl (C=O) groups excluding carboxylic acids is 1. The predicted octanol–water partition coefficient (Wildman–Crippen LogP) is 1.11. The molecular formula is C13H18N2O2. The van der Waals surface area contributed by atoms with Crippen LogP contribution in [0.5, 0.6) is 0 Å². The van der Waals surface area contributed by atoms with Crippen molar-refractivity contribution >= 4 is 11.6 Å². The van der Waals surface area contributed by atoms with Gasteiger partial charge in [0.2, 0.25) is 0 Å².